The maximum Gasteiger partial charge on any atom is 0.239 e. The van der Waals surface area contributed by atoms with Gasteiger partial charge in [0.25, 0.3) is 0 Å². The quantitative estimate of drug-likeness (QED) is 0.548. The maximum atomic E-state index is 12.4. The van der Waals surface area contributed by atoms with E-state index in [-0.39, 0.29) is 35.0 Å². The summed E-state index contributed by atoms with van der Waals surface area (Å²) in [7, 11) is 1.62. The van der Waals surface area contributed by atoms with Gasteiger partial charge < -0.3 is 0 Å². The molecule has 1 aromatic rings. The van der Waals surface area contributed by atoms with Gasteiger partial charge in [-0.05, 0) is 12.8 Å². The van der Waals surface area contributed by atoms with Crippen molar-refractivity contribution in [1.82, 2.24) is 9.78 Å². The van der Waals surface area contributed by atoms with Crippen molar-refractivity contribution in [2.45, 2.75) is 12.8 Å². The molecule has 2 aliphatic rings. The minimum atomic E-state index is -0.293. The van der Waals surface area contributed by atoms with E-state index in [4.69, 9.17) is 5.26 Å². The van der Waals surface area contributed by atoms with Gasteiger partial charge in [0, 0.05) is 7.05 Å². The van der Waals surface area contributed by atoms with E-state index in [1.807, 2.05) is 18.2 Å². The molecular weight excluding hydrogens is 244 g/mol. The minimum absolute atomic E-state index is 0.223. The van der Waals surface area contributed by atoms with Crippen molar-refractivity contribution in [3.63, 3.8) is 0 Å². The van der Waals surface area contributed by atoms with Crippen LogP contribution < -0.4 is 4.90 Å². The molecule has 1 saturated heterocycles. The molecule has 0 aromatic carbocycles. The first kappa shape index (κ1) is 11.7. The molecule has 3 rings (SSSR count). The predicted molar refractivity (Wildman–Crippen MR) is 65.8 cm³/mol. The highest BCUT2D eigenvalue weighted by Crippen LogP contribution is 2.38. The molecule has 1 aromatic heterocycles. The maximum absolute atomic E-state index is 12.4. The van der Waals surface area contributed by atoms with Gasteiger partial charge in [-0.2, -0.15) is 10.4 Å². The standard InChI is InChI=1S/C13H12N4O2/c1-16-11(8(6-14)7-15-16)17-12(18)9-4-2-3-5-10(9)13(17)19/h2-3,7,9-10H,4-5H2,1H3. The van der Waals surface area contributed by atoms with Crippen molar-refractivity contribution >= 4 is 17.6 Å². The van der Waals surface area contributed by atoms with Crippen molar-refractivity contribution in [2.24, 2.45) is 18.9 Å². The number of nitrogens with zero attached hydrogens (tertiary/aromatic N) is 4. The highest BCUT2D eigenvalue weighted by atomic mass is 16.2. The molecular formula is C13H12N4O2. The fourth-order valence-electron chi connectivity index (χ4n) is 2.78. The van der Waals surface area contributed by atoms with E-state index >= 15 is 0 Å². The van der Waals surface area contributed by atoms with Crippen LogP contribution in [0.3, 0.4) is 0 Å². The first-order valence-electron chi connectivity index (χ1n) is 6.10. The average molecular weight is 256 g/mol. The van der Waals surface area contributed by atoms with Crippen molar-refractivity contribution in [3.8, 4) is 6.07 Å². The van der Waals surface area contributed by atoms with E-state index in [9.17, 15) is 9.59 Å². The molecule has 96 valence electrons. The Labute approximate surface area is 109 Å². The summed E-state index contributed by atoms with van der Waals surface area (Å²) >= 11 is 0. The van der Waals surface area contributed by atoms with Gasteiger partial charge in [-0.3, -0.25) is 14.3 Å². The molecule has 0 bridgehead atoms. The van der Waals surface area contributed by atoms with Crippen LogP contribution in [-0.2, 0) is 16.6 Å². The summed E-state index contributed by atoms with van der Waals surface area (Å²) in [5.41, 5.74) is 0.246. The van der Waals surface area contributed by atoms with Crippen LogP contribution in [0.15, 0.2) is 18.3 Å². The smallest absolute Gasteiger partial charge is 0.239 e. The van der Waals surface area contributed by atoms with Crippen molar-refractivity contribution in [2.75, 3.05) is 4.90 Å². The van der Waals surface area contributed by atoms with Crippen LogP contribution in [0.5, 0.6) is 0 Å². The Kier molecular flexibility index (Phi) is 2.49. The lowest BCUT2D eigenvalue weighted by Crippen LogP contribution is -2.33. The zero-order valence-corrected chi connectivity index (χ0v) is 10.4. The Bertz CT molecular complexity index is 612. The Morgan fingerprint density at radius 1 is 1.26 bits per heavy atom. The molecule has 0 N–H and O–H groups in total. The SMILES string of the molecule is Cn1ncc(C#N)c1N1C(=O)C2CC=CCC2C1=O. The lowest BCUT2D eigenvalue weighted by Gasteiger charge is -2.14. The van der Waals surface area contributed by atoms with Gasteiger partial charge in [-0.1, -0.05) is 12.2 Å². The Balaban J connectivity index is 2.07. The van der Waals surface area contributed by atoms with E-state index in [2.05, 4.69) is 5.10 Å². The second-order valence-electron chi connectivity index (χ2n) is 4.78. The number of hydrogen-bond donors (Lipinski definition) is 0. The van der Waals surface area contributed by atoms with Gasteiger partial charge in [0.05, 0.1) is 18.0 Å². The summed E-state index contributed by atoms with van der Waals surface area (Å²) in [5, 5.41) is 13.0. The van der Waals surface area contributed by atoms with E-state index in [1.54, 1.807) is 7.05 Å². The third kappa shape index (κ3) is 1.51. The normalized spacial score (nSPS) is 25.6. The molecule has 1 fully saturated rings. The molecule has 2 unspecified atom stereocenters. The van der Waals surface area contributed by atoms with Crippen LogP contribution in [-0.4, -0.2) is 21.6 Å². The van der Waals surface area contributed by atoms with Crippen LogP contribution in [0, 0.1) is 23.2 Å². The molecule has 1 aliphatic heterocycles. The van der Waals surface area contributed by atoms with E-state index in [0.717, 1.165) is 4.90 Å². The number of carbonyl (C=O) groups excluding carboxylic acids is 2. The third-order valence-corrected chi connectivity index (χ3v) is 3.75. The highest BCUT2D eigenvalue weighted by Gasteiger charge is 2.49. The van der Waals surface area contributed by atoms with Crippen LogP contribution in [0.1, 0.15) is 18.4 Å². The number of aromatic nitrogens is 2. The first-order chi connectivity index (χ1) is 9.15. The molecule has 0 saturated carbocycles. The zero-order valence-electron chi connectivity index (χ0n) is 10.4. The van der Waals surface area contributed by atoms with Gasteiger partial charge in [0.1, 0.15) is 11.6 Å². The van der Waals surface area contributed by atoms with E-state index in [1.165, 1.54) is 10.9 Å². The Hall–Kier alpha value is -2.42. The molecule has 1 aliphatic carbocycles. The topological polar surface area (TPSA) is 79.0 Å². The lowest BCUT2D eigenvalue weighted by atomic mass is 9.85. The summed E-state index contributed by atoms with van der Waals surface area (Å²) < 4.78 is 1.40. The largest absolute Gasteiger partial charge is 0.274 e. The number of fused-ring (bicyclic) bond motifs is 1. The van der Waals surface area contributed by atoms with Crippen LogP contribution >= 0.6 is 0 Å². The van der Waals surface area contributed by atoms with Crippen LogP contribution in [0.25, 0.3) is 0 Å². The van der Waals surface area contributed by atoms with E-state index in [0.29, 0.717) is 12.8 Å². The second-order valence-corrected chi connectivity index (χ2v) is 4.78. The summed E-state index contributed by atoms with van der Waals surface area (Å²) in [5.74, 6) is -0.747. The molecule has 6 heteroatoms. The zero-order chi connectivity index (χ0) is 13.6. The average Bonchev–Trinajstić information content (AvgIpc) is 2.90. The molecule has 2 atom stereocenters. The van der Waals surface area contributed by atoms with Gasteiger partial charge in [-0.15, -0.1) is 0 Å². The number of rotatable bonds is 1. The second kappa shape index (κ2) is 4.05. The molecule has 2 heterocycles. The Morgan fingerprint density at radius 2 is 1.84 bits per heavy atom. The molecule has 0 spiro atoms. The predicted octanol–water partition coefficient (Wildman–Crippen LogP) is 0.747. The summed E-state index contributed by atoms with van der Waals surface area (Å²) in [6.45, 7) is 0. The molecule has 6 nitrogen and oxygen atoms in total. The van der Waals surface area contributed by atoms with Gasteiger partial charge >= 0.3 is 0 Å². The fraction of sp³-hybridized carbons (Fsp3) is 0.385. The fourth-order valence-corrected chi connectivity index (χ4v) is 2.78. The number of carbonyl (C=O) groups is 2. The highest BCUT2D eigenvalue weighted by molar-refractivity contribution is 6.22. The monoisotopic (exact) mass is 256 g/mol. The number of imide groups is 1. The lowest BCUT2D eigenvalue weighted by molar-refractivity contribution is -0.122. The van der Waals surface area contributed by atoms with Gasteiger partial charge in [-0.25, -0.2) is 4.90 Å². The van der Waals surface area contributed by atoms with Crippen LogP contribution in [0.4, 0.5) is 5.82 Å². The summed E-state index contributed by atoms with van der Waals surface area (Å²) in [4.78, 5) is 25.9. The van der Waals surface area contributed by atoms with E-state index < -0.39 is 0 Å². The minimum Gasteiger partial charge on any atom is -0.274 e. The van der Waals surface area contributed by atoms with Crippen molar-refractivity contribution < 1.29 is 9.59 Å². The van der Waals surface area contributed by atoms with Gasteiger partial charge in [0.2, 0.25) is 11.8 Å². The Morgan fingerprint density at radius 3 is 2.37 bits per heavy atom. The number of hydrogen-bond acceptors (Lipinski definition) is 4. The van der Waals surface area contributed by atoms with Crippen molar-refractivity contribution in [3.05, 3.63) is 23.9 Å². The number of aryl methyl sites for hydroxylation is 1. The summed E-state index contributed by atoms with van der Waals surface area (Å²) in [6.07, 6.45) is 6.42. The number of allylic oxidation sites excluding steroid dienone is 2. The summed E-state index contributed by atoms with van der Waals surface area (Å²) in [6, 6.07) is 1.97. The molecule has 19 heavy (non-hydrogen) atoms. The first-order valence-corrected chi connectivity index (χ1v) is 6.10. The number of anilines is 1. The third-order valence-electron chi connectivity index (χ3n) is 3.75. The number of amides is 2. The van der Waals surface area contributed by atoms with Crippen LogP contribution in [0.2, 0.25) is 0 Å². The molecule has 0 radical (unpaired) electrons. The molecule has 2 amide bonds. The van der Waals surface area contributed by atoms with Crippen molar-refractivity contribution in [1.29, 1.82) is 5.26 Å². The van der Waals surface area contributed by atoms with Gasteiger partial charge in [0.15, 0.2) is 5.82 Å². The number of nitriles is 1.